The summed E-state index contributed by atoms with van der Waals surface area (Å²) in [5, 5.41) is 3.79. The molecule has 1 fully saturated rings. The van der Waals surface area contributed by atoms with Gasteiger partial charge in [-0.25, -0.2) is 0 Å². The summed E-state index contributed by atoms with van der Waals surface area (Å²) in [4.78, 5) is 12.8. The lowest BCUT2D eigenvalue weighted by Gasteiger charge is -2.35. The SMILES string of the molecule is Cc1cc(CN2CC(N)C2=O)no1. The van der Waals surface area contributed by atoms with Crippen LogP contribution in [0.25, 0.3) is 0 Å². The summed E-state index contributed by atoms with van der Waals surface area (Å²) in [6.07, 6.45) is 0. The number of rotatable bonds is 2. The van der Waals surface area contributed by atoms with Crippen LogP contribution in [0.5, 0.6) is 0 Å². The highest BCUT2D eigenvalue weighted by molar-refractivity contribution is 5.87. The van der Waals surface area contributed by atoms with Crippen molar-refractivity contribution in [3.63, 3.8) is 0 Å². The summed E-state index contributed by atoms with van der Waals surface area (Å²) < 4.78 is 4.88. The normalized spacial score (nSPS) is 21.8. The molecule has 13 heavy (non-hydrogen) atoms. The van der Waals surface area contributed by atoms with Crippen molar-refractivity contribution in [2.75, 3.05) is 6.54 Å². The van der Waals surface area contributed by atoms with Crippen LogP contribution >= 0.6 is 0 Å². The number of likely N-dealkylation sites (tertiary alicyclic amines) is 1. The molecule has 0 aliphatic carbocycles. The number of hydrogen-bond acceptors (Lipinski definition) is 4. The van der Waals surface area contributed by atoms with Gasteiger partial charge in [-0.2, -0.15) is 0 Å². The average molecular weight is 181 g/mol. The lowest BCUT2D eigenvalue weighted by molar-refractivity contribution is -0.143. The van der Waals surface area contributed by atoms with Crippen molar-refractivity contribution in [3.8, 4) is 0 Å². The van der Waals surface area contributed by atoms with Crippen LogP contribution in [0.3, 0.4) is 0 Å². The highest BCUT2D eigenvalue weighted by atomic mass is 16.5. The molecule has 5 heteroatoms. The zero-order chi connectivity index (χ0) is 9.42. The topological polar surface area (TPSA) is 72.4 Å². The minimum absolute atomic E-state index is 0.0133. The fraction of sp³-hybridized carbons (Fsp3) is 0.500. The Kier molecular flexibility index (Phi) is 1.81. The van der Waals surface area contributed by atoms with E-state index < -0.39 is 0 Å². The minimum Gasteiger partial charge on any atom is -0.361 e. The van der Waals surface area contributed by atoms with Crippen LogP contribution in [-0.4, -0.2) is 28.6 Å². The van der Waals surface area contributed by atoms with Gasteiger partial charge in [-0.15, -0.1) is 0 Å². The molecule has 0 saturated carbocycles. The van der Waals surface area contributed by atoms with E-state index in [1.165, 1.54) is 0 Å². The van der Waals surface area contributed by atoms with E-state index in [2.05, 4.69) is 5.16 Å². The Hall–Kier alpha value is -1.36. The first kappa shape index (κ1) is 8.25. The van der Waals surface area contributed by atoms with Gasteiger partial charge >= 0.3 is 0 Å². The zero-order valence-corrected chi connectivity index (χ0v) is 7.36. The third-order valence-corrected chi connectivity index (χ3v) is 2.08. The van der Waals surface area contributed by atoms with E-state index in [1.807, 2.05) is 13.0 Å². The Bertz CT molecular complexity index is 334. The van der Waals surface area contributed by atoms with Crippen molar-refractivity contribution in [1.82, 2.24) is 10.1 Å². The van der Waals surface area contributed by atoms with Crippen molar-refractivity contribution in [1.29, 1.82) is 0 Å². The molecular weight excluding hydrogens is 170 g/mol. The molecule has 1 atom stereocenters. The Morgan fingerprint density at radius 3 is 3.08 bits per heavy atom. The number of carbonyl (C=O) groups excluding carboxylic acids is 1. The highest BCUT2D eigenvalue weighted by Crippen LogP contribution is 2.13. The summed E-state index contributed by atoms with van der Waals surface area (Å²) >= 11 is 0. The number of carbonyl (C=O) groups is 1. The molecule has 70 valence electrons. The lowest BCUT2D eigenvalue weighted by Crippen LogP contribution is -2.60. The summed E-state index contributed by atoms with van der Waals surface area (Å²) in [7, 11) is 0. The molecule has 1 aromatic heterocycles. The quantitative estimate of drug-likeness (QED) is 0.633. The average Bonchev–Trinajstić information content (AvgIpc) is 2.50. The van der Waals surface area contributed by atoms with Crippen LogP contribution in [0.15, 0.2) is 10.6 Å². The first-order chi connectivity index (χ1) is 6.16. The van der Waals surface area contributed by atoms with Gasteiger partial charge in [0.2, 0.25) is 5.91 Å². The largest absolute Gasteiger partial charge is 0.361 e. The number of aromatic nitrogens is 1. The fourth-order valence-corrected chi connectivity index (χ4v) is 1.36. The molecule has 0 aromatic carbocycles. The Morgan fingerprint density at radius 2 is 2.62 bits per heavy atom. The fourth-order valence-electron chi connectivity index (χ4n) is 1.36. The maximum absolute atomic E-state index is 11.1. The van der Waals surface area contributed by atoms with Crippen LogP contribution in [0.1, 0.15) is 11.5 Å². The number of amides is 1. The summed E-state index contributed by atoms with van der Waals surface area (Å²) in [5.41, 5.74) is 6.21. The van der Waals surface area contributed by atoms with Gasteiger partial charge in [0.25, 0.3) is 0 Å². The maximum atomic E-state index is 11.1. The first-order valence-electron chi connectivity index (χ1n) is 4.13. The summed E-state index contributed by atoms with van der Waals surface area (Å²) in [6, 6.07) is 1.50. The maximum Gasteiger partial charge on any atom is 0.241 e. The van der Waals surface area contributed by atoms with E-state index in [0.29, 0.717) is 13.1 Å². The van der Waals surface area contributed by atoms with E-state index in [0.717, 1.165) is 11.5 Å². The highest BCUT2D eigenvalue weighted by Gasteiger charge is 2.33. The second-order valence-corrected chi connectivity index (χ2v) is 3.25. The van der Waals surface area contributed by atoms with Crippen LogP contribution in [-0.2, 0) is 11.3 Å². The molecule has 1 saturated heterocycles. The van der Waals surface area contributed by atoms with Crippen LogP contribution in [0, 0.1) is 6.92 Å². The number of hydrogen-bond donors (Lipinski definition) is 1. The number of nitrogens with zero attached hydrogens (tertiary/aromatic N) is 2. The molecule has 2 heterocycles. The van der Waals surface area contributed by atoms with Crippen molar-refractivity contribution in [2.24, 2.45) is 5.73 Å². The Morgan fingerprint density at radius 1 is 1.85 bits per heavy atom. The minimum atomic E-state index is -0.312. The Labute approximate surface area is 75.5 Å². The van der Waals surface area contributed by atoms with Crippen molar-refractivity contribution >= 4 is 5.91 Å². The molecule has 5 nitrogen and oxygen atoms in total. The van der Waals surface area contributed by atoms with Gasteiger partial charge in [0.05, 0.1) is 6.54 Å². The van der Waals surface area contributed by atoms with Crippen molar-refractivity contribution in [3.05, 3.63) is 17.5 Å². The molecule has 0 spiro atoms. The number of aryl methyl sites for hydroxylation is 1. The Balaban J connectivity index is 1.96. The predicted octanol–water partition coefficient (Wildman–Crippen LogP) is -0.347. The molecule has 2 N–H and O–H groups in total. The van der Waals surface area contributed by atoms with E-state index in [1.54, 1.807) is 4.90 Å². The van der Waals surface area contributed by atoms with Gasteiger partial charge in [-0.05, 0) is 6.92 Å². The lowest BCUT2D eigenvalue weighted by atomic mass is 10.1. The monoisotopic (exact) mass is 181 g/mol. The molecule has 1 unspecified atom stereocenters. The van der Waals surface area contributed by atoms with Gasteiger partial charge in [-0.3, -0.25) is 4.79 Å². The van der Waals surface area contributed by atoms with Gasteiger partial charge in [-0.1, -0.05) is 5.16 Å². The third-order valence-electron chi connectivity index (χ3n) is 2.08. The predicted molar refractivity (Wildman–Crippen MR) is 44.6 cm³/mol. The molecule has 1 aliphatic heterocycles. The van der Waals surface area contributed by atoms with E-state index >= 15 is 0 Å². The number of β-lactam (4-membered cyclic amide) rings is 1. The van der Waals surface area contributed by atoms with Gasteiger partial charge in [0.15, 0.2) is 0 Å². The number of nitrogens with two attached hydrogens (primary N) is 1. The van der Waals surface area contributed by atoms with Crippen LogP contribution in [0.2, 0.25) is 0 Å². The second-order valence-electron chi connectivity index (χ2n) is 3.25. The van der Waals surface area contributed by atoms with Crippen molar-refractivity contribution in [2.45, 2.75) is 19.5 Å². The van der Waals surface area contributed by atoms with E-state index in [-0.39, 0.29) is 11.9 Å². The molecule has 1 amide bonds. The van der Waals surface area contributed by atoms with Crippen LogP contribution < -0.4 is 5.73 Å². The zero-order valence-electron chi connectivity index (χ0n) is 7.36. The molecule has 1 aliphatic rings. The molecule has 2 rings (SSSR count). The third kappa shape index (κ3) is 1.42. The first-order valence-corrected chi connectivity index (χ1v) is 4.13. The molecular formula is C8H11N3O2. The smallest absolute Gasteiger partial charge is 0.241 e. The summed E-state index contributed by atoms with van der Waals surface area (Å²) in [5.74, 6) is 0.743. The van der Waals surface area contributed by atoms with Gasteiger partial charge in [0, 0.05) is 12.6 Å². The van der Waals surface area contributed by atoms with Gasteiger partial charge in [0.1, 0.15) is 17.5 Å². The molecule has 0 bridgehead atoms. The second kappa shape index (κ2) is 2.85. The standard InChI is InChI=1S/C8H11N3O2/c1-5-2-6(10-13-5)3-11-4-7(9)8(11)12/h2,7H,3-4,9H2,1H3. The van der Waals surface area contributed by atoms with Gasteiger partial charge < -0.3 is 15.2 Å². The van der Waals surface area contributed by atoms with E-state index in [9.17, 15) is 4.79 Å². The van der Waals surface area contributed by atoms with Crippen molar-refractivity contribution < 1.29 is 9.32 Å². The van der Waals surface area contributed by atoms with Crippen LogP contribution in [0.4, 0.5) is 0 Å². The molecule has 0 radical (unpaired) electrons. The van der Waals surface area contributed by atoms with E-state index in [4.69, 9.17) is 10.3 Å². The molecule has 1 aromatic rings. The summed E-state index contributed by atoms with van der Waals surface area (Å²) in [6.45, 7) is 2.94.